The molecule has 0 spiro atoms. The predicted molar refractivity (Wildman–Crippen MR) is 95.7 cm³/mol. The molecule has 28 heavy (non-hydrogen) atoms. The molecule has 0 aliphatic carbocycles. The SMILES string of the molecule is Cc1nc2c(Cl)cc(C(F)(F)F)cn2c1C(=O)Nc1ccc(CC(=O)O)cc1. The lowest BCUT2D eigenvalue weighted by atomic mass is 10.1. The van der Waals surface area contributed by atoms with Crippen molar-refractivity contribution in [2.45, 2.75) is 19.5 Å². The lowest BCUT2D eigenvalue weighted by molar-refractivity contribution is -0.138. The van der Waals surface area contributed by atoms with Gasteiger partial charge in [-0.1, -0.05) is 23.7 Å². The molecule has 6 nitrogen and oxygen atoms in total. The molecule has 2 N–H and O–H groups in total. The molecule has 146 valence electrons. The van der Waals surface area contributed by atoms with E-state index in [9.17, 15) is 22.8 Å². The Balaban J connectivity index is 1.96. The molecule has 0 bridgehead atoms. The van der Waals surface area contributed by atoms with Crippen LogP contribution in [0.2, 0.25) is 5.02 Å². The fourth-order valence-corrected chi connectivity index (χ4v) is 2.97. The van der Waals surface area contributed by atoms with Gasteiger partial charge in [0, 0.05) is 11.9 Å². The number of imidazole rings is 1. The average molecular weight is 412 g/mol. The Morgan fingerprint density at radius 2 is 1.89 bits per heavy atom. The Hall–Kier alpha value is -3.07. The number of rotatable bonds is 4. The van der Waals surface area contributed by atoms with Gasteiger partial charge in [-0.15, -0.1) is 0 Å². The monoisotopic (exact) mass is 411 g/mol. The van der Waals surface area contributed by atoms with E-state index in [0.29, 0.717) is 11.3 Å². The predicted octanol–water partition coefficient (Wildman–Crippen LogP) is 4.19. The standard InChI is InChI=1S/C18H13ClF3N3O3/c1-9-15(17(28)24-12-4-2-10(3-5-12)6-14(26)27)25-8-11(18(20,21)22)7-13(19)16(25)23-9/h2-5,7-8H,6H2,1H3,(H,24,28)(H,26,27). The second kappa shape index (κ2) is 7.16. The van der Waals surface area contributed by atoms with Crippen molar-refractivity contribution in [3.8, 4) is 0 Å². The first kappa shape index (κ1) is 19.7. The topological polar surface area (TPSA) is 83.7 Å². The maximum atomic E-state index is 13.1. The normalized spacial score (nSPS) is 11.6. The number of nitrogens with zero attached hydrogens (tertiary/aromatic N) is 2. The number of alkyl halides is 3. The first-order chi connectivity index (χ1) is 13.1. The lowest BCUT2D eigenvalue weighted by Crippen LogP contribution is -2.16. The highest BCUT2D eigenvalue weighted by atomic mass is 35.5. The minimum atomic E-state index is -4.64. The summed E-state index contributed by atoms with van der Waals surface area (Å²) in [6.07, 6.45) is -4.03. The molecule has 0 saturated carbocycles. The molecule has 0 atom stereocenters. The van der Waals surface area contributed by atoms with Crippen LogP contribution in [0.3, 0.4) is 0 Å². The quantitative estimate of drug-likeness (QED) is 0.674. The lowest BCUT2D eigenvalue weighted by Gasteiger charge is -2.10. The van der Waals surface area contributed by atoms with Crippen LogP contribution in [0.1, 0.15) is 27.3 Å². The fourth-order valence-electron chi connectivity index (χ4n) is 2.72. The second-order valence-electron chi connectivity index (χ2n) is 6.04. The summed E-state index contributed by atoms with van der Waals surface area (Å²) in [5, 5.41) is 11.1. The zero-order chi connectivity index (χ0) is 20.6. The van der Waals surface area contributed by atoms with Crippen molar-refractivity contribution in [2.75, 3.05) is 5.32 Å². The molecule has 0 aliphatic heterocycles. The molecule has 3 aromatic rings. The number of aromatic nitrogens is 2. The van der Waals surface area contributed by atoms with E-state index in [4.69, 9.17) is 16.7 Å². The van der Waals surface area contributed by atoms with E-state index < -0.39 is 23.6 Å². The first-order valence-electron chi connectivity index (χ1n) is 7.93. The van der Waals surface area contributed by atoms with E-state index >= 15 is 0 Å². The van der Waals surface area contributed by atoms with Crippen molar-refractivity contribution in [3.63, 3.8) is 0 Å². The number of pyridine rings is 1. The molecule has 2 heterocycles. The molecule has 10 heteroatoms. The number of anilines is 1. The molecular weight excluding hydrogens is 399 g/mol. The molecule has 0 saturated heterocycles. The number of hydrogen-bond donors (Lipinski definition) is 2. The fraction of sp³-hybridized carbons (Fsp3) is 0.167. The highest BCUT2D eigenvalue weighted by molar-refractivity contribution is 6.33. The second-order valence-corrected chi connectivity index (χ2v) is 6.44. The summed E-state index contributed by atoms with van der Waals surface area (Å²) in [5.74, 6) is -1.66. The van der Waals surface area contributed by atoms with Gasteiger partial charge in [0.2, 0.25) is 0 Å². The van der Waals surface area contributed by atoms with Gasteiger partial charge in [0.15, 0.2) is 5.65 Å². The van der Waals surface area contributed by atoms with Gasteiger partial charge in [-0.3, -0.25) is 14.0 Å². The number of nitrogens with one attached hydrogen (secondary N) is 1. The Morgan fingerprint density at radius 3 is 2.46 bits per heavy atom. The molecule has 3 rings (SSSR count). The van der Waals surface area contributed by atoms with Crippen molar-refractivity contribution in [1.82, 2.24) is 9.38 Å². The van der Waals surface area contributed by atoms with Crippen molar-refractivity contribution in [2.24, 2.45) is 0 Å². The number of hydrogen-bond acceptors (Lipinski definition) is 3. The third-order valence-corrected chi connectivity index (χ3v) is 4.24. The van der Waals surface area contributed by atoms with Crippen LogP contribution in [0.5, 0.6) is 0 Å². The van der Waals surface area contributed by atoms with Gasteiger partial charge < -0.3 is 10.4 Å². The molecule has 1 aromatic carbocycles. The molecule has 0 unspecified atom stereocenters. The Bertz CT molecular complexity index is 1080. The molecule has 0 aliphatic rings. The zero-order valence-corrected chi connectivity index (χ0v) is 15.1. The number of benzene rings is 1. The van der Waals surface area contributed by atoms with Crippen molar-refractivity contribution in [3.05, 3.63) is 64.1 Å². The maximum absolute atomic E-state index is 13.1. The Labute approximate surface area is 161 Å². The van der Waals surface area contributed by atoms with Gasteiger partial charge in [-0.05, 0) is 30.7 Å². The van der Waals surface area contributed by atoms with E-state index in [1.165, 1.54) is 31.2 Å². The number of amides is 1. The van der Waals surface area contributed by atoms with Crippen molar-refractivity contribution < 1.29 is 27.9 Å². The summed E-state index contributed by atoms with van der Waals surface area (Å²) < 4.78 is 40.2. The van der Waals surface area contributed by atoms with Crippen LogP contribution < -0.4 is 5.32 Å². The summed E-state index contributed by atoms with van der Waals surface area (Å²) in [4.78, 5) is 27.4. The number of carbonyl (C=O) groups is 2. The third-order valence-electron chi connectivity index (χ3n) is 3.96. The summed E-state index contributed by atoms with van der Waals surface area (Å²) >= 11 is 5.91. The van der Waals surface area contributed by atoms with Crippen LogP contribution in [-0.2, 0) is 17.4 Å². The number of halogens is 4. The van der Waals surface area contributed by atoms with Gasteiger partial charge in [-0.2, -0.15) is 13.2 Å². The van der Waals surface area contributed by atoms with E-state index in [-0.39, 0.29) is 28.5 Å². The van der Waals surface area contributed by atoms with E-state index in [2.05, 4.69) is 10.3 Å². The maximum Gasteiger partial charge on any atom is 0.417 e. The van der Waals surface area contributed by atoms with Gasteiger partial charge in [0.05, 0.1) is 22.7 Å². The highest BCUT2D eigenvalue weighted by Crippen LogP contribution is 2.33. The number of carboxylic acid groups (broad SMARTS) is 1. The summed E-state index contributed by atoms with van der Waals surface area (Å²) in [7, 11) is 0. The summed E-state index contributed by atoms with van der Waals surface area (Å²) in [6, 6.07) is 6.82. The number of carboxylic acids is 1. The zero-order valence-electron chi connectivity index (χ0n) is 14.3. The van der Waals surface area contributed by atoms with Gasteiger partial charge in [0.1, 0.15) is 5.69 Å². The van der Waals surface area contributed by atoms with Gasteiger partial charge in [-0.25, -0.2) is 4.98 Å². The van der Waals surface area contributed by atoms with Crippen LogP contribution in [0.15, 0.2) is 36.5 Å². The number of carbonyl (C=O) groups excluding carboxylic acids is 1. The Kier molecular flexibility index (Phi) is 5.03. The first-order valence-corrected chi connectivity index (χ1v) is 8.31. The molecule has 2 aromatic heterocycles. The van der Waals surface area contributed by atoms with Crippen molar-refractivity contribution >= 4 is 34.8 Å². The largest absolute Gasteiger partial charge is 0.481 e. The molecular formula is C18H13ClF3N3O3. The average Bonchev–Trinajstić information content (AvgIpc) is 2.92. The molecule has 1 amide bonds. The molecule has 0 fully saturated rings. The van der Waals surface area contributed by atoms with E-state index in [0.717, 1.165) is 16.7 Å². The third kappa shape index (κ3) is 3.94. The molecule has 0 radical (unpaired) electrons. The van der Waals surface area contributed by atoms with Crippen LogP contribution in [0.25, 0.3) is 5.65 Å². The van der Waals surface area contributed by atoms with Gasteiger partial charge in [0.25, 0.3) is 5.91 Å². The minimum absolute atomic E-state index is 0.0362. The highest BCUT2D eigenvalue weighted by Gasteiger charge is 2.33. The summed E-state index contributed by atoms with van der Waals surface area (Å²) in [5.41, 5.74) is 0.0482. The number of aryl methyl sites for hydroxylation is 1. The van der Waals surface area contributed by atoms with Crippen LogP contribution in [0.4, 0.5) is 18.9 Å². The van der Waals surface area contributed by atoms with Crippen molar-refractivity contribution in [1.29, 1.82) is 0 Å². The van der Waals surface area contributed by atoms with E-state index in [1.807, 2.05) is 0 Å². The number of aliphatic carboxylic acids is 1. The van der Waals surface area contributed by atoms with Gasteiger partial charge >= 0.3 is 12.1 Å². The Morgan fingerprint density at radius 1 is 1.25 bits per heavy atom. The number of fused-ring (bicyclic) bond motifs is 1. The van der Waals surface area contributed by atoms with Crippen LogP contribution in [0, 0.1) is 6.92 Å². The van der Waals surface area contributed by atoms with E-state index in [1.54, 1.807) is 0 Å². The smallest absolute Gasteiger partial charge is 0.417 e. The minimum Gasteiger partial charge on any atom is -0.481 e. The van der Waals surface area contributed by atoms with Crippen LogP contribution >= 0.6 is 11.6 Å². The summed E-state index contributed by atoms with van der Waals surface area (Å²) in [6.45, 7) is 1.49. The van der Waals surface area contributed by atoms with Crippen LogP contribution in [-0.4, -0.2) is 26.4 Å².